The maximum atomic E-state index is 2.86. The summed E-state index contributed by atoms with van der Waals surface area (Å²) in [4.78, 5) is 2.86. The molecule has 3 aliphatic rings. The Hall–Kier alpha value is -0.0400. The van der Waals surface area contributed by atoms with Gasteiger partial charge < -0.3 is 0 Å². The van der Waals surface area contributed by atoms with Crippen molar-refractivity contribution in [1.82, 2.24) is 4.90 Å². The predicted octanol–water partition coefficient (Wildman–Crippen LogP) is 2.66. The van der Waals surface area contributed by atoms with Crippen molar-refractivity contribution < 1.29 is 0 Å². The summed E-state index contributed by atoms with van der Waals surface area (Å²) in [6.07, 6.45) is 7.46. The molecule has 74 valence electrons. The van der Waals surface area contributed by atoms with Crippen molar-refractivity contribution in [3.63, 3.8) is 0 Å². The van der Waals surface area contributed by atoms with E-state index in [9.17, 15) is 0 Å². The van der Waals surface area contributed by atoms with Crippen LogP contribution in [0, 0.1) is 11.8 Å². The van der Waals surface area contributed by atoms with Gasteiger partial charge in [-0.25, -0.2) is 0 Å². The van der Waals surface area contributed by atoms with Gasteiger partial charge in [0.1, 0.15) is 0 Å². The Morgan fingerprint density at radius 3 is 2.69 bits per heavy atom. The second-order valence-electron chi connectivity index (χ2n) is 5.70. The summed E-state index contributed by atoms with van der Waals surface area (Å²) in [5.74, 6) is 2.04. The van der Waals surface area contributed by atoms with Gasteiger partial charge in [-0.3, -0.25) is 4.90 Å². The fourth-order valence-corrected chi connectivity index (χ4v) is 3.83. The zero-order valence-corrected chi connectivity index (χ0v) is 8.92. The molecule has 0 aromatic heterocycles. The molecule has 1 aliphatic heterocycles. The molecule has 2 aliphatic carbocycles. The van der Waals surface area contributed by atoms with Gasteiger partial charge in [0.05, 0.1) is 0 Å². The van der Waals surface area contributed by atoms with E-state index in [4.69, 9.17) is 0 Å². The molecule has 0 amide bonds. The quantitative estimate of drug-likeness (QED) is 0.598. The van der Waals surface area contributed by atoms with Crippen molar-refractivity contribution >= 4 is 0 Å². The molecular weight excluding hydrogens is 158 g/mol. The van der Waals surface area contributed by atoms with Gasteiger partial charge in [-0.2, -0.15) is 0 Å². The zero-order chi connectivity index (χ0) is 9.05. The average Bonchev–Trinajstić information content (AvgIpc) is 2.54. The summed E-state index contributed by atoms with van der Waals surface area (Å²) in [5.41, 5.74) is 0.615. The van der Waals surface area contributed by atoms with Crippen LogP contribution >= 0.6 is 0 Å². The number of likely N-dealkylation sites (tertiary alicyclic amines) is 1. The summed E-state index contributed by atoms with van der Waals surface area (Å²) in [5, 5.41) is 0. The van der Waals surface area contributed by atoms with Crippen molar-refractivity contribution in [1.29, 1.82) is 0 Å². The van der Waals surface area contributed by atoms with E-state index in [0.717, 1.165) is 17.9 Å². The van der Waals surface area contributed by atoms with Crippen molar-refractivity contribution in [3.05, 3.63) is 0 Å². The van der Waals surface area contributed by atoms with Gasteiger partial charge in [-0.1, -0.05) is 13.3 Å². The molecule has 0 aromatic carbocycles. The fourth-order valence-electron chi connectivity index (χ4n) is 3.83. The highest BCUT2D eigenvalue weighted by Gasteiger charge is 2.56. The monoisotopic (exact) mass is 179 g/mol. The number of nitrogens with zero attached hydrogens (tertiary/aromatic N) is 1. The van der Waals surface area contributed by atoms with Crippen LogP contribution in [0.5, 0.6) is 0 Å². The van der Waals surface area contributed by atoms with E-state index in [1.165, 1.54) is 38.6 Å². The van der Waals surface area contributed by atoms with E-state index in [1.54, 1.807) is 0 Å². The molecule has 1 saturated heterocycles. The van der Waals surface area contributed by atoms with Crippen molar-refractivity contribution in [2.24, 2.45) is 11.8 Å². The van der Waals surface area contributed by atoms with E-state index in [2.05, 4.69) is 18.7 Å². The Morgan fingerprint density at radius 2 is 2.00 bits per heavy atom. The molecule has 0 radical (unpaired) electrons. The van der Waals surface area contributed by atoms with Crippen LogP contribution in [0.25, 0.3) is 0 Å². The lowest BCUT2D eigenvalue weighted by Gasteiger charge is -2.31. The molecule has 1 nitrogen and oxygen atoms in total. The summed E-state index contributed by atoms with van der Waals surface area (Å²) < 4.78 is 0. The fraction of sp³-hybridized carbons (Fsp3) is 1.00. The highest BCUT2D eigenvalue weighted by atomic mass is 15.3. The summed E-state index contributed by atoms with van der Waals surface area (Å²) in [6, 6.07) is 0.981. The summed E-state index contributed by atoms with van der Waals surface area (Å²) in [6.45, 7) is 6.30. The van der Waals surface area contributed by atoms with E-state index in [1.807, 2.05) is 0 Å². The first-order valence-corrected chi connectivity index (χ1v) is 5.98. The molecule has 3 rings (SSSR count). The molecule has 4 atom stereocenters. The van der Waals surface area contributed by atoms with Crippen molar-refractivity contribution in [2.45, 2.75) is 57.5 Å². The molecule has 0 aromatic rings. The van der Waals surface area contributed by atoms with E-state index >= 15 is 0 Å². The zero-order valence-electron chi connectivity index (χ0n) is 8.92. The van der Waals surface area contributed by atoms with Gasteiger partial charge in [0.25, 0.3) is 0 Å². The number of hydrogen-bond donors (Lipinski definition) is 0. The lowest BCUT2D eigenvalue weighted by atomic mass is 10.0. The molecule has 3 fully saturated rings. The van der Waals surface area contributed by atoms with Crippen LogP contribution in [0.1, 0.15) is 46.0 Å². The smallest absolute Gasteiger partial charge is 0.0213 e. The first kappa shape index (κ1) is 8.28. The molecule has 0 bridgehead atoms. The lowest BCUT2D eigenvalue weighted by molar-refractivity contribution is 0.154. The molecular formula is C12H21N. The lowest BCUT2D eigenvalue weighted by Crippen LogP contribution is -2.40. The maximum Gasteiger partial charge on any atom is 0.0213 e. The highest BCUT2D eigenvalue weighted by Crippen LogP contribution is 2.53. The second kappa shape index (κ2) is 2.50. The number of rotatable bonds is 1. The van der Waals surface area contributed by atoms with Gasteiger partial charge in [-0.05, 0) is 51.0 Å². The Bertz CT molecular complexity index is 225. The van der Waals surface area contributed by atoms with Gasteiger partial charge in [0.15, 0.2) is 0 Å². The standard InChI is InChI=1S/C12H21N/c1-9-8-12(9,2)13-7-6-10-4-3-5-11(10)13/h9-11H,3-8H2,1-2H3. The minimum absolute atomic E-state index is 0.615. The van der Waals surface area contributed by atoms with Gasteiger partial charge in [0, 0.05) is 11.6 Å². The first-order chi connectivity index (χ1) is 6.22. The first-order valence-electron chi connectivity index (χ1n) is 5.98. The minimum Gasteiger partial charge on any atom is -0.294 e. The molecule has 1 heteroatoms. The molecule has 0 spiro atoms. The second-order valence-corrected chi connectivity index (χ2v) is 5.70. The van der Waals surface area contributed by atoms with E-state index < -0.39 is 0 Å². The van der Waals surface area contributed by atoms with Crippen LogP contribution in [0.4, 0.5) is 0 Å². The van der Waals surface area contributed by atoms with Crippen LogP contribution in [0.2, 0.25) is 0 Å². The van der Waals surface area contributed by atoms with Crippen molar-refractivity contribution in [3.8, 4) is 0 Å². The molecule has 2 saturated carbocycles. The van der Waals surface area contributed by atoms with Crippen molar-refractivity contribution in [2.75, 3.05) is 6.54 Å². The summed E-state index contributed by atoms with van der Waals surface area (Å²) in [7, 11) is 0. The van der Waals surface area contributed by atoms with Gasteiger partial charge >= 0.3 is 0 Å². The Labute approximate surface area is 81.5 Å². The topological polar surface area (TPSA) is 3.24 Å². The summed E-state index contributed by atoms with van der Waals surface area (Å²) >= 11 is 0. The third kappa shape index (κ3) is 1.03. The average molecular weight is 179 g/mol. The SMILES string of the molecule is CC1CC1(C)N1CCC2CCCC21. The largest absolute Gasteiger partial charge is 0.294 e. The molecule has 4 unspecified atom stereocenters. The molecule has 1 heterocycles. The van der Waals surface area contributed by atoms with Crippen LogP contribution in [-0.2, 0) is 0 Å². The third-order valence-electron chi connectivity index (χ3n) is 5.04. The predicted molar refractivity (Wildman–Crippen MR) is 54.6 cm³/mol. The number of fused-ring (bicyclic) bond motifs is 1. The van der Waals surface area contributed by atoms with Gasteiger partial charge in [0.2, 0.25) is 0 Å². The van der Waals surface area contributed by atoms with Crippen LogP contribution < -0.4 is 0 Å². The van der Waals surface area contributed by atoms with Crippen LogP contribution in [0.3, 0.4) is 0 Å². The van der Waals surface area contributed by atoms with Crippen LogP contribution in [0.15, 0.2) is 0 Å². The number of hydrogen-bond acceptors (Lipinski definition) is 1. The Kier molecular flexibility index (Phi) is 1.59. The third-order valence-corrected chi connectivity index (χ3v) is 5.04. The van der Waals surface area contributed by atoms with E-state index in [-0.39, 0.29) is 0 Å². The molecule has 0 N–H and O–H groups in total. The normalized spacial score (nSPS) is 55.4. The van der Waals surface area contributed by atoms with Gasteiger partial charge in [-0.15, -0.1) is 0 Å². The Balaban J connectivity index is 1.78. The maximum absolute atomic E-state index is 2.86. The molecule has 13 heavy (non-hydrogen) atoms. The Morgan fingerprint density at radius 1 is 1.23 bits per heavy atom. The minimum atomic E-state index is 0.615. The van der Waals surface area contributed by atoms with Crippen LogP contribution in [-0.4, -0.2) is 23.0 Å². The van der Waals surface area contributed by atoms with E-state index in [0.29, 0.717) is 5.54 Å². The highest BCUT2D eigenvalue weighted by molar-refractivity contribution is 5.11.